The van der Waals surface area contributed by atoms with E-state index in [-0.39, 0.29) is 5.75 Å². The second-order valence-corrected chi connectivity index (χ2v) is 7.35. The third-order valence-corrected chi connectivity index (χ3v) is 5.26. The number of furan rings is 1. The first-order chi connectivity index (χ1) is 15.7. The molecule has 0 atom stereocenters. The van der Waals surface area contributed by atoms with Gasteiger partial charge in [0.1, 0.15) is 17.3 Å². The molecule has 0 fully saturated rings. The predicted molar refractivity (Wildman–Crippen MR) is 125 cm³/mol. The minimum absolute atomic E-state index is 0.243. The molecule has 32 heavy (non-hydrogen) atoms. The molecule has 0 bridgehead atoms. The molecule has 5 aromatic rings. The van der Waals surface area contributed by atoms with E-state index >= 15 is 0 Å². The highest BCUT2D eigenvalue weighted by Crippen LogP contribution is 2.30. The lowest BCUT2D eigenvalue weighted by Crippen LogP contribution is -2.04. The molecule has 0 spiro atoms. The average molecular weight is 423 g/mol. The number of ether oxygens (including phenoxy) is 1. The molecular formula is C26H21N3O3. The van der Waals surface area contributed by atoms with Crippen molar-refractivity contribution in [2.45, 2.75) is 6.54 Å². The van der Waals surface area contributed by atoms with Crippen LogP contribution in [0.3, 0.4) is 0 Å². The van der Waals surface area contributed by atoms with Gasteiger partial charge >= 0.3 is 0 Å². The van der Waals surface area contributed by atoms with Gasteiger partial charge in [-0.05, 0) is 65.2 Å². The molecule has 2 heterocycles. The van der Waals surface area contributed by atoms with Crippen molar-refractivity contribution in [2.24, 2.45) is 0 Å². The molecule has 6 heteroatoms. The molecule has 0 radical (unpaired) electrons. The van der Waals surface area contributed by atoms with Gasteiger partial charge < -0.3 is 19.6 Å². The second kappa shape index (κ2) is 8.43. The van der Waals surface area contributed by atoms with Gasteiger partial charge in [-0.25, -0.2) is 9.97 Å². The van der Waals surface area contributed by atoms with Crippen LogP contribution < -0.4 is 10.1 Å². The predicted octanol–water partition coefficient (Wildman–Crippen LogP) is 5.88. The van der Waals surface area contributed by atoms with Gasteiger partial charge in [-0.2, -0.15) is 0 Å². The third kappa shape index (κ3) is 3.98. The standard InChI is InChI=1S/C26H21N3O3/c1-31-21-11-6-18(7-12-21)19-8-13-22-23(15-19)28-26(24-3-2-14-32-24)29-25(22)27-16-17-4-9-20(30)10-5-17/h2-15,30H,16H2,1H3,(H,27,28,29). The Bertz CT molecular complexity index is 1350. The summed E-state index contributed by atoms with van der Waals surface area (Å²) >= 11 is 0. The quantitative estimate of drug-likeness (QED) is 0.355. The van der Waals surface area contributed by atoms with E-state index in [4.69, 9.17) is 19.1 Å². The van der Waals surface area contributed by atoms with Crippen molar-refractivity contribution in [2.75, 3.05) is 12.4 Å². The Balaban J connectivity index is 1.55. The van der Waals surface area contributed by atoms with E-state index < -0.39 is 0 Å². The van der Waals surface area contributed by atoms with Gasteiger partial charge in [0.2, 0.25) is 0 Å². The van der Waals surface area contributed by atoms with Crippen molar-refractivity contribution in [1.82, 2.24) is 9.97 Å². The number of aromatic hydroxyl groups is 1. The highest BCUT2D eigenvalue weighted by atomic mass is 16.5. The van der Waals surface area contributed by atoms with Crippen LogP contribution in [0, 0.1) is 0 Å². The largest absolute Gasteiger partial charge is 0.508 e. The number of anilines is 1. The molecule has 0 saturated heterocycles. The normalized spacial score (nSPS) is 10.9. The number of nitrogens with zero attached hydrogens (tertiary/aromatic N) is 2. The maximum Gasteiger partial charge on any atom is 0.198 e. The molecular weight excluding hydrogens is 402 g/mol. The molecule has 158 valence electrons. The number of benzene rings is 3. The van der Waals surface area contributed by atoms with Gasteiger partial charge in [-0.3, -0.25) is 0 Å². The number of phenolic OH excluding ortho intramolecular Hbond substituents is 1. The van der Waals surface area contributed by atoms with Crippen LogP contribution in [0.25, 0.3) is 33.6 Å². The fourth-order valence-electron chi connectivity index (χ4n) is 3.54. The van der Waals surface area contributed by atoms with Crippen molar-refractivity contribution in [3.63, 3.8) is 0 Å². The second-order valence-electron chi connectivity index (χ2n) is 7.35. The fraction of sp³-hybridized carbons (Fsp3) is 0.0769. The lowest BCUT2D eigenvalue weighted by molar-refractivity contribution is 0.415. The van der Waals surface area contributed by atoms with Crippen LogP contribution in [0.5, 0.6) is 11.5 Å². The van der Waals surface area contributed by atoms with Gasteiger partial charge in [0.25, 0.3) is 0 Å². The molecule has 0 aliphatic heterocycles. The smallest absolute Gasteiger partial charge is 0.198 e. The number of nitrogens with one attached hydrogen (secondary N) is 1. The van der Waals surface area contributed by atoms with E-state index in [2.05, 4.69) is 17.4 Å². The van der Waals surface area contributed by atoms with Crippen LogP contribution in [0.1, 0.15) is 5.56 Å². The lowest BCUT2D eigenvalue weighted by atomic mass is 10.0. The number of phenols is 1. The van der Waals surface area contributed by atoms with Gasteiger partial charge in [-0.15, -0.1) is 0 Å². The summed E-state index contributed by atoms with van der Waals surface area (Å²) in [5, 5.41) is 13.8. The number of methoxy groups -OCH3 is 1. The van der Waals surface area contributed by atoms with Crippen LogP contribution in [0.4, 0.5) is 5.82 Å². The number of hydrogen-bond acceptors (Lipinski definition) is 6. The van der Waals surface area contributed by atoms with Crippen molar-refractivity contribution in [3.05, 3.63) is 90.7 Å². The van der Waals surface area contributed by atoms with Crippen molar-refractivity contribution in [3.8, 4) is 34.2 Å². The zero-order valence-electron chi connectivity index (χ0n) is 17.4. The zero-order chi connectivity index (χ0) is 21.9. The molecule has 3 aromatic carbocycles. The Labute approximate surface area is 185 Å². The van der Waals surface area contributed by atoms with Crippen LogP contribution in [-0.4, -0.2) is 22.2 Å². The Hall–Kier alpha value is -4.32. The molecule has 0 aliphatic carbocycles. The summed E-state index contributed by atoms with van der Waals surface area (Å²) in [4.78, 5) is 9.48. The van der Waals surface area contributed by atoms with Crippen molar-refractivity contribution in [1.29, 1.82) is 0 Å². The Morgan fingerprint density at radius 3 is 2.41 bits per heavy atom. The van der Waals surface area contributed by atoms with E-state index in [0.717, 1.165) is 39.2 Å². The number of hydrogen-bond donors (Lipinski definition) is 2. The number of rotatable bonds is 6. The van der Waals surface area contributed by atoms with E-state index in [9.17, 15) is 5.11 Å². The summed E-state index contributed by atoms with van der Waals surface area (Å²) in [7, 11) is 1.66. The molecule has 0 amide bonds. The lowest BCUT2D eigenvalue weighted by Gasteiger charge is -2.12. The van der Waals surface area contributed by atoms with Crippen molar-refractivity contribution < 1.29 is 14.3 Å². The summed E-state index contributed by atoms with van der Waals surface area (Å²) in [6.07, 6.45) is 1.61. The maximum atomic E-state index is 9.52. The first-order valence-corrected chi connectivity index (χ1v) is 10.2. The Morgan fingerprint density at radius 1 is 0.906 bits per heavy atom. The van der Waals surface area contributed by atoms with E-state index in [1.807, 2.05) is 54.6 Å². The van der Waals surface area contributed by atoms with Crippen LogP contribution in [0.2, 0.25) is 0 Å². The van der Waals surface area contributed by atoms with Crippen molar-refractivity contribution >= 4 is 16.7 Å². The summed E-state index contributed by atoms with van der Waals surface area (Å²) in [6.45, 7) is 0.560. The van der Waals surface area contributed by atoms with Gasteiger partial charge in [-0.1, -0.05) is 30.3 Å². The van der Waals surface area contributed by atoms with Crippen LogP contribution in [0.15, 0.2) is 89.5 Å². The highest BCUT2D eigenvalue weighted by molar-refractivity contribution is 5.93. The van der Waals surface area contributed by atoms with Crippen LogP contribution in [-0.2, 0) is 6.54 Å². The minimum atomic E-state index is 0.243. The molecule has 0 unspecified atom stereocenters. The summed E-state index contributed by atoms with van der Waals surface area (Å²) < 4.78 is 10.8. The zero-order valence-corrected chi connectivity index (χ0v) is 17.4. The average Bonchev–Trinajstić information content (AvgIpc) is 3.38. The minimum Gasteiger partial charge on any atom is -0.508 e. The molecule has 6 nitrogen and oxygen atoms in total. The molecule has 5 rings (SSSR count). The molecule has 2 aromatic heterocycles. The van der Waals surface area contributed by atoms with E-state index in [1.54, 1.807) is 25.5 Å². The highest BCUT2D eigenvalue weighted by Gasteiger charge is 2.13. The summed E-state index contributed by atoms with van der Waals surface area (Å²) in [6, 6.07) is 24.8. The van der Waals surface area contributed by atoms with Gasteiger partial charge in [0, 0.05) is 11.9 Å². The molecule has 0 saturated carbocycles. The van der Waals surface area contributed by atoms with Gasteiger partial charge in [0.05, 0.1) is 18.9 Å². The van der Waals surface area contributed by atoms with E-state index in [0.29, 0.717) is 18.1 Å². The van der Waals surface area contributed by atoms with Gasteiger partial charge in [0.15, 0.2) is 11.6 Å². The van der Waals surface area contributed by atoms with Crippen LogP contribution >= 0.6 is 0 Å². The maximum absolute atomic E-state index is 9.52. The summed E-state index contributed by atoms with van der Waals surface area (Å²) in [5.41, 5.74) is 3.97. The SMILES string of the molecule is COc1ccc(-c2ccc3c(NCc4ccc(O)cc4)nc(-c4ccco4)nc3c2)cc1. The first-order valence-electron chi connectivity index (χ1n) is 10.2. The topological polar surface area (TPSA) is 80.4 Å². The Kier molecular flexibility index (Phi) is 5.17. The Morgan fingerprint density at radius 2 is 1.69 bits per heavy atom. The molecule has 2 N–H and O–H groups in total. The molecule has 0 aliphatic rings. The number of aromatic nitrogens is 2. The monoisotopic (exact) mass is 423 g/mol. The van der Waals surface area contributed by atoms with E-state index in [1.165, 1.54) is 0 Å². The summed E-state index contributed by atoms with van der Waals surface area (Å²) in [5.74, 6) is 2.90. The first kappa shape index (κ1) is 19.6. The fourth-order valence-corrected chi connectivity index (χ4v) is 3.54. The number of fused-ring (bicyclic) bond motifs is 1. The third-order valence-electron chi connectivity index (χ3n) is 5.26.